The Balaban J connectivity index is 1.79. The number of rotatable bonds is 2. The fourth-order valence-electron chi connectivity index (χ4n) is 2.92. The van der Waals surface area contributed by atoms with E-state index < -0.39 is 0 Å². The minimum atomic E-state index is 0.486. The molecule has 1 fully saturated rings. The number of nitrogens with zero attached hydrogens (tertiary/aromatic N) is 2. The van der Waals surface area contributed by atoms with Crippen LogP contribution < -0.4 is 5.32 Å². The Morgan fingerprint density at radius 2 is 2.17 bits per heavy atom. The van der Waals surface area contributed by atoms with Gasteiger partial charge in [-0.05, 0) is 38.0 Å². The summed E-state index contributed by atoms with van der Waals surface area (Å²) in [5.41, 5.74) is 2.60. The highest BCUT2D eigenvalue weighted by Gasteiger charge is 2.24. The van der Waals surface area contributed by atoms with Crippen molar-refractivity contribution in [1.82, 2.24) is 9.97 Å². The van der Waals surface area contributed by atoms with Crippen LogP contribution in [0.4, 0.5) is 5.82 Å². The molecule has 1 aliphatic heterocycles. The molecule has 3 rings (SSSR count). The average molecular weight is 247 g/mol. The van der Waals surface area contributed by atoms with Crippen LogP contribution in [0.15, 0.2) is 6.33 Å². The molecule has 2 atom stereocenters. The highest BCUT2D eigenvalue weighted by molar-refractivity contribution is 5.47. The minimum Gasteiger partial charge on any atom is -0.381 e. The summed E-state index contributed by atoms with van der Waals surface area (Å²) >= 11 is 0. The van der Waals surface area contributed by atoms with Gasteiger partial charge in [-0.15, -0.1) is 0 Å². The van der Waals surface area contributed by atoms with Crippen LogP contribution in [-0.4, -0.2) is 29.2 Å². The molecule has 4 heteroatoms. The molecule has 4 nitrogen and oxygen atoms in total. The maximum Gasteiger partial charge on any atom is 0.133 e. The molecular formula is C14H21N3O. The van der Waals surface area contributed by atoms with Gasteiger partial charge in [-0.3, -0.25) is 0 Å². The molecule has 1 aromatic heterocycles. The van der Waals surface area contributed by atoms with Gasteiger partial charge in [-0.2, -0.15) is 0 Å². The Bertz CT molecular complexity index is 422. The van der Waals surface area contributed by atoms with E-state index in [9.17, 15) is 0 Å². The topological polar surface area (TPSA) is 47.0 Å². The van der Waals surface area contributed by atoms with Crippen molar-refractivity contribution in [3.63, 3.8) is 0 Å². The van der Waals surface area contributed by atoms with Gasteiger partial charge in [0, 0.05) is 23.9 Å². The molecule has 0 bridgehead atoms. The van der Waals surface area contributed by atoms with E-state index in [-0.39, 0.29) is 0 Å². The predicted molar refractivity (Wildman–Crippen MR) is 70.7 cm³/mol. The molecule has 0 spiro atoms. The summed E-state index contributed by atoms with van der Waals surface area (Å²) in [6.07, 6.45) is 7.53. The Labute approximate surface area is 108 Å². The molecule has 1 saturated heterocycles. The third-order valence-corrected chi connectivity index (χ3v) is 4.09. The van der Waals surface area contributed by atoms with Gasteiger partial charge in [0.25, 0.3) is 0 Å². The fourth-order valence-corrected chi connectivity index (χ4v) is 2.92. The van der Waals surface area contributed by atoms with E-state index in [1.807, 2.05) is 0 Å². The molecule has 1 aromatic rings. The van der Waals surface area contributed by atoms with Crippen molar-refractivity contribution >= 4 is 5.82 Å². The van der Waals surface area contributed by atoms with Crippen molar-refractivity contribution in [1.29, 1.82) is 0 Å². The molecular weight excluding hydrogens is 226 g/mol. The third kappa shape index (κ3) is 2.34. The number of hydrogen-bond donors (Lipinski definition) is 1. The number of fused-ring (bicyclic) bond motifs is 1. The summed E-state index contributed by atoms with van der Waals surface area (Å²) in [4.78, 5) is 8.87. The highest BCUT2D eigenvalue weighted by atomic mass is 16.5. The molecule has 1 N–H and O–H groups in total. The lowest BCUT2D eigenvalue weighted by atomic mass is 9.94. The first-order chi connectivity index (χ1) is 8.84. The van der Waals surface area contributed by atoms with Gasteiger partial charge >= 0.3 is 0 Å². The predicted octanol–water partition coefficient (Wildman–Crippen LogP) is 2.19. The Hall–Kier alpha value is -1.16. The van der Waals surface area contributed by atoms with Gasteiger partial charge in [0.05, 0.1) is 6.61 Å². The third-order valence-electron chi connectivity index (χ3n) is 4.09. The summed E-state index contributed by atoms with van der Waals surface area (Å²) in [6.45, 7) is 3.95. The summed E-state index contributed by atoms with van der Waals surface area (Å²) in [7, 11) is 0. The van der Waals surface area contributed by atoms with Crippen molar-refractivity contribution in [2.24, 2.45) is 5.92 Å². The molecule has 0 amide bonds. The lowest BCUT2D eigenvalue weighted by molar-refractivity contribution is 0.0536. The average Bonchev–Trinajstić information content (AvgIpc) is 2.42. The van der Waals surface area contributed by atoms with E-state index >= 15 is 0 Å². The quantitative estimate of drug-likeness (QED) is 0.870. The van der Waals surface area contributed by atoms with Crippen LogP contribution in [0, 0.1) is 5.92 Å². The second-order valence-corrected chi connectivity index (χ2v) is 5.45. The van der Waals surface area contributed by atoms with Gasteiger partial charge in [-0.25, -0.2) is 9.97 Å². The summed E-state index contributed by atoms with van der Waals surface area (Å²) in [5, 5.41) is 3.63. The zero-order valence-corrected chi connectivity index (χ0v) is 11.0. The zero-order chi connectivity index (χ0) is 12.4. The lowest BCUT2D eigenvalue weighted by Gasteiger charge is -2.31. The normalized spacial score (nSPS) is 27.6. The van der Waals surface area contributed by atoms with Gasteiger partial charge in [0.1, 0.15) is 12.1 Å². The molecule has 0 saturated carbocycles. The van der Waals surface area contributed by atoms with Crippen LogP contribution in [0.1, 0.15) is 37.4 Å². The highest BCUT2D eigenvalue weighted by Crippen LogP contribution is 2.26. The lowest BCUT2D eigenvalue weighted by Crippen LogP contribution is -2.36. The van der Waals surface area contributed by atoms with Gasteiger partial charge in [0.2, 0.25) is 0 Å². The number of nitrogens with one attached hydrogen (secondary N) is 1. The molecule has 2 aliphatic rings. The fraction of sp³-hybridized carbons (Fsp3) is 0.714. The number of aryl methyl sites for hydroxylation is 1. The first kappa shape index (κ1) is 11.9. The smallest absolute Gasteiger partial charge is 0.133 e. The SMILES string of the molecule is CC1COCCC1Nc1ncnc2c1CCCC2. The van der Waals surface area contributed by atoms with E-state index in [1.165, 1.54) is 24.1 Å². The standard InChI is InChI=1S/C14H21N3O/c1-10-8-18-7-6-12(10)17-14-11-4-2-3-5-13(11)15-9-16-14/h9-10,12H,2-8H2,1H3,(H,15,16,17). The second-order valence-electron chi connectivity index (χ2n) is 5.45. The van der Waals surface area contributed by atoms with Gasteiger partial charge < -0.3 is 10.1 Å². The second kappa shape index (κ2) is 5.22. The van der Waals surface area contributed by atoms with E-state index in [2.05, 4.69) is 22.2 Å². The first-order valence-electron chi connectivity index (χ1n) is 7.01. The Morgan fingerprint density at radius 1 is 1.28 bits per heavy atom. The monoisotopic (exact) mass is 247 g/mol. The molecule has 18 heavy (non-hydrogen) atoms. The maximum atomic E-state index is 5.49. The van der Waals surface area contributed by atoms with E-state index in [0.717, 1.165) is 38.3 Å². The number of aromatic nitrogens is 2. The zero-order valence-electron chi connectivity index (χ0n) is 11.0. The van der Waals surface area contributed by atoms with Crippen LogP contribution in [0.25, 0.3) is 0 Å². The number of ether oxygens (including phenoxy) is 1. The van der Waals surface area contributed by atoms with Crippen molar-refractivity contribution in [2.75, 3.05) is 18.5 Å². The summed E-state index contributed by atoms with van der Waals surface area (Å²) in [5.74, 6) is 1.62. The van der Waals surface area contributed by atoms with E-state index in [1.54, 1.807) is 6.33 Å². The largest absolute Gasteiger partial charge is 0.381 e. The van der Waals surface area contributed by atoms with Crippen LogP contribution in [0.2, 0.25) is 0 Å². The molecule has 0 radical (unpaired) electrons. The number of hydrogen-bond acceptors (Lipinski definition) is 4. The minimum absolute atomic E-state index is 0.486. The molecule has 2 heterocycles. The molecule has 98 valence electrons. The summed E-state index contributed by atoms with van der Waals surface area (Å²) < 4.78 is 5.49. The van der Waals surface area contributed by atoms with Crippen molar-refractivity contribution in [3.8, 4) is 0 Å². The van der Waals surface area contributed by atoms with Crippen LogP contribution in [0.5, 0.6) is 0 Å². The van der Waals surface area contributed by atoms with Crippen LogP contribution >= 0.6 is 0 Å². The van der Waals surface area contributed by atoms with Crippen molar-refractivity contribution in [3.05, 3.63) is 17.6 Å². The molecule has 1 aliphatic carbocycles. The maximum absolute atomic E-state index is 5.49. The number of anilines is 1. The van der Waals surface area contributed by atoms with Crippen molar-refractivity contribution < 1.29 is 4.74 Å². The Kier molecular flexibility index (Phi) is 3.46. The van der Waals surface area contributed by atoms with E-state index in [4.69, 9.17) is 4.74 Å². The van der Waals surface area contributed by atoms with Crippen molar-refractivity contribution in [2.45, 2.75) is 45.1 Å². The summed E-state index contributed by atoms with van der Waals surface area (Å²) in [6, 6.07) is 0.486. The van der Waals surface area contributed by atoms with Crippen LogP contribution in [0.3, 0.4) is 0 Å². The van der Waals surface area contributed by atoms with Gasteiger partial charge in [-0.1, -0.05) is 6.92 Å². The Morgan fingerprint density at radius 3 is 3.06 bits per heavy atom. The van der Waals surface area contributed by atoms with E-state index in [0.29, 0.717) is 12.0 Å². The molecule has 0 aromatic carbocycles. The first-order valence-corrected chi connectivity index (χ1v) is 7.01. The molecule has 2 unspecified atom stereocenters. The van der Waals surface area contributed by atoms with Gasteiger partial charge in [0.15, 0.2) is 0 Å². The van der Waals surface area contributed by atoms with Crippen LogP contribution in [-0.2, 0) is 17.6 Å².